The highest BCUT2D eigenvalue weighted by Crippen LogP contribution is 2.44. The first-order valence-electron chi connectivity index (χ1n) is 14.3. The van der Waals surface area contributed by atoms with Crippen LogP contribution in [-0.2, 0) is 9.53 Å². The maximum Gasteiger partial charge on any atom is 0.307 e. The van der Waals surface area contributed by atoms with Gasteiger partial charge in [-0.15, -0.1) is 0 Å². The number of benzene rings is 1. The van der Waals surface area contributed by atoms with E-state index in [-0.39, 0.29) is 36.2 Å². The fourth-order valence-electron chi connectivity index (χ4n) is 6.98. The summed E-state index contributed by atoms with van der Waals surface area (Å²) in [6, 6.07) is 9.32. The second kappa shape index (κ2) is 11.8. The number of para-hydroxylation sites is 2. The zero-order chi connectivity index (χ0) is 25.8. The average molecular weight is 509 g/mol. The third-order valence-electron chi connectivity index (χ3n) is 8.56. The Balaban J connectivity index is 1.38. The Morgan fingerprint density at radius 2 is 1.62 bits per heavy atom. The lowest BCUT2D eigenvalue weighted by atomic mass is 9.89. The van der Waals surface area contributed by atoms with E-state index in [1.807, 2.05) is 28.8 Å². The molecule has 1 N–H and O–H groups in total. The molecule has 1 unspecified atom stereocenters. The Hall–Kier alpha value is -2.74. The molecule has 200 valence electrons. The number of rotatable bonds is 7. The molecule has 3 fully saturated rings. The van der Waals surface area contributed by atoms with Crippen molar-refractivity contribution in [3.05, 3.63) is 40.3 Å². The van der Waals surface area contributed by atoms with Gasteiger partial charge in [0, 0.05) is 30.7 Å². The van der Waals surface area contributed by atoms with E-state index in [0.717, 1.165) is 18.4 Å². The van der Waals surface area contributed by atoms with Crippen LogP contribution in [0.15, 0.2) is 29.1 Å². The lowest BCUT2D eigenvalue weighted by molar-refractivity contribution is -0.142. The highest BCUT2D eigenvalue weighted by Gasteiger charge is 2.44. The number of nitrogens with zero attached hydrogens (tertiary/aromatic N) is 3. The zero-order valence-electron chi connectivity index (χ0n) is 22.0. The van der Waals surface area contributed by atoms with Gasteiger partial charge in [-0.1, -0.05) is 44.2 Å². The molecule has 5 rings (SSSR count). The average Bonchev–Trinajstić information content (AvgIpc) is 3.12. The summed E-state index contributed by atoms with van der Waals surface area (Å²) in [4.78, 5) is 45.7. The van der Waals surface area contributed by atoms with E-state index in [2.05, 4.69) is 15.2 Å². The summed E-state index contributed by atoms with van der Waals surface area (Å²) in [6.07, 6.45) is 13.6. The summed E-state index contributed by atoms with van der Waals surface area (Å²) >= 11 is 0. The first-order valence-corrected chi connectivity index (χ1v) is 14.3. The van der Waals surface area contributed by atoms with E-state index in [0.29, 0.717) is 30.2 Å². The summed E-state index contributed by atoms with van der Waals surface area (Å²) in [5, 5.41) is 2.69. The lowest BCUT2D eigenvalue weighted by Gasteiger charge is -2.45. The van der Waals surface area contributed by atoms with Gasteiger partial charge in [-0.2, -0.15) is 0 Å². The molecule has 37 heavy (non-hydrogen) atoms. The number of hydrogen-bond donors (Lipinski definition) is 1. The van der Waals surface area contributed by atoms with Crippen molar-refractivity contribution in [1.29, 1.82) is 0 Å². The van der Waals surface area contributed by atoms with Crippen molar-refractivity contribution in [3.8, 4) is 0 Å². The SMILES string of the molecule is CCOC(=O)CCNC(=O)c1nc2ccccc2n(C2C[C@H]3CC[C@@H](C2)N3C2CCCCCCC2)c1=O. The zero-order valence-corrected chi connectivity index (χ0v) is 22.0. The van der Waals surface area contributed by atoms with Gasteiger partial charge in [0.25, 0.3) is 11.5 Å². The third-order valence-corrected chi connectivity index (χ3v) is 8.56. The van der Waals surface area contributed by atoms with Gasteiger partial charge in [0.1, 0.15) is 0 Å². The molecule has 0 radical (unpaired) electrons. The standard InChI is InChI=1S/C29H40N4O4/c1-2-37-26(34)16-17-30-28(35)27-29(36)33(25-13-9-8-12-24(25)31-27)23-18-21-14-15-22(19-23)32(21)20-10-6-4-3-5-7-11-20/h8-9,12-13,20-23H,2-7,10-11,14-19H2,1H3,(H,30,35)/t21-,22+,23?. The maximum absolute atomic E-state index is 13.8. The third kappa shape index (κ3) is 5.59. The fraction of sp³-hybridized carbons (Fsp3) is 0.655. The Bertz CT molecular complexity index is 1160. The Kier molecular flexibility index (Phi) is 8.23. The van der Waals surface area contributed by atoms with Crippen molar-refractivity contribution in [1.82, 2.24) is 19.8 Å². The molecule has 2 aromatic rings. The number of aromatic nitrogens is 2. The van der Waals surface area contributed by atoms with Gasteiger partial charge in [-0.05, 0) is 57.6 Å². The first kappa shape index (κ1) is 25.9. The number of ether oxygens (including phenoxy) is 1. The predicted molar refractivity (Wildman–Crippen MR) is 143 cm³/mol. The lowest BCUT2D eigenvalue weighted by Crippen LogP contribution is -2.50. The van der Waals surface area contributed by atoms with Crippen LogP contribution in [0.2, 0.25) is 0 Å². The van der Waals surface area contributed by atoms with Crippen LogP contribution >= 0.6 is 0 Å². The molecule has 1 amide bonds. The molecule has 2 aliphatic heterocycles. The minimum atomic E-state index is -0.538. The molecule has 3 atom stereocenters. The Labute approximate surface area is 218 Å². The minimum absolute atomic E-state index is 0.0498. The predicted octanol–water partition coefficient (Wildman–Crippen LogP) is 4.36. The molecular formula is C29H40N4O4. The first-order chi connectivity index (χ1) is 18.1. The second-order valence-corrected chi connectivity index (χ2v) is 10.9. The minimum Gasteiger partial charge on any atom is -0.466 e. The Morgan fingerprint density at radius 3 is 2.32 bits per heavy atom. The quantitative estimate of drug-likeness (QED) is 0.559. The summed E-state index contributed by atoms with van der Waals surface area (Å²) < 4.78 is 6.78. The van der Waals surface area contributed by atoms with Crippen LogP contribution in [0, 0.1) is 0 Å². The normalized spacial score (nSPS) is 24.9. The molecule has 2 saturated heterocycles. The van der Waals surface area contributed by atoms with Crippen molar-refractivity contribution >= 4 is 22.9 Å². The molecule has 1 saturated carbocycles. The van der Waals surface area contributed by atoms with Crippen molar-refractivity contribution in [2.24, 2.45) is 0 Å². The van der Waals surface area contributed by atoms with Gasteiger partial charge in [-0.25, -0.2) is 4.98 Å². The van der Waals surface area contributed by atoms with Crippen molar-refractivity contribution < 1.29 is 14.3 Å². The molecule has 8 nitrogen and oxygen atoms in total. The highest BCUT2D eigenvalue weighted by atomic mass is 16.5. The van der Waals surface area contributed by atoms with E-state index in [1.165, 1.54) is 57.8 Å². The molecule has 0 spiro atoms. The van der Waals surface area contributed by atoms with Crippen LogP contribution in [0.5, 0.6) is 0 Å². The van der Waals surface area contributed by atoms with Crippen molar-refractivity contribution in [2.75, 3.05) is 13.2 Å². The summed E-state index contributed by atoms with van der Waals surface area (Å²) in [5.41, 5.74) is 1.00. The number of nitrogens with one attached hydrogen (secondary N) is 1. The van der Waals surface area contributed by atoms with Crippen LogP contribution in [-0.4, -0.2) is 57.6 Å². The second-order valence-electron chi connectivity index (χ2n) is 10.9. The molecule has 3 heterocycles. The van der Waals surface area contributed by atoms with Crippen molar-refractivity contribution in [2.45, 2.75) is 108 Å². The van der Waals surface area contributed by atoms with E-state index < -0.39 is 5.91 Å². The number of fused-ring (bicyclic) bond motifs is 3. The van der Waals surface area contributed by atoms with E-state index in [9.17, 15) is 14.4 Å². The number of carbonyl (C=O) groups excluding carboxylic acids is 2. The molecule has 2 bridgehead atoms. The van der Waals surface area contributed by atoms with Crippen LogP contribution in [0.25, 0.3) is 11.0 Å². The maximum atomic E-state index is 13.8. The van der Waals surface area contributed by atoms with Crippen LogP contribution < -0.4 is 10.9 Å². The monoisotopic (exact) mass is 508 g/mol. The summed E-state index contributed by atoms with van der Waals surface area (Å²) in [7, 11) is 0. The van der Waals surface area contributed by atoms with Crippen LogP contribution in [0.1, 0.15) is 101 Å². The summed E-state index contributed by atoms with van der Waals surface area (Å²) in [5.74, 6) is -0.915. The number of piperidine rings is 1. The molecular weight excluding hydrogens is 468 g/mol. The topological polar surface area (TPSA) is 93.5 Å². The number of hydrogen-bond acceptors (Lipinski definition) is 6. The fourth-order valence-corrected chi connectivity index (χ4v) is 6.98. The van der Waals surface area contributed by atoms with Crippen LogP contribution in [0.3, 0.4) is 0 Å². The molecule has 1 aromatic carbocycles. The number of esters is 1. The van der Waals surface area contributed by atoms with Gasteiger partial charge in [0.15, 0.2) is 5.69 Å². The molecule has 8 heteroatoms. The smallest absolute Gasteiger partial charge is 0.307 e. The van der Waals surface area contributed by atoms with Crippen LogP contribution in [0.4, 0.5) is 0 Å². The Morgan fingerprint density at radius 1 is 0.946 bits per heavy atom. The van der Waals surface area contributed by atoms with Gasteiger partial charge < -0.3 is 14.6 Å². The van der Waals surface area contributed by atoms with Gasteiger partial charge in [0.05, 0.1) is 24.1 Å². The van der Waals surface area contributed by atoms with E-state index in [1.54, 1.807) is 6.92 Å². The van der Waals surface area contributed by atoms with Gasteiger partial charge in [-0.3, -0.25) is 19.3 Å². The highest BCUT2D eigenvalue weighted by molar-refractivity contribution is 5.94. The molecule has 1 aromatic heterocycles. The van der Waals surface area contributed by atoms with E-state index in [4.69, 9.17) is 4.74 Å². The largest absolute Gasteiger partial charge is 0.466 e. The van der Waals surface area contributed by atoms with Gasteiger partial charge in [0.2, 0.25) is 0 Å². The number of carbonyl (C=O) groups is 2. The van der Waals surface area contributed by atoms with Crippen molar-refractivity contribution in [3.63, 3.8) is 0 Å². The van der Waals surface area contributed by atoms with E-state index >= 15 is 0 Å². The molecule has 1 aliphatic carbocycles. The summed E-state index contributed by atoms with van der Waals surface area (Å²) in [6.45, 7) is 2.15. The molecule has 3 aliphatic rings. The van der Waals surface area contributed by atoms with Gasteiger partial charge >= 0.3 is 5.97 Å². The number of amides is 1.